The molecule has 0 aromatic carbocycles. The predicted molar refractivity (Wildman–Crippen MR) is 61.8 cm³/mol. The van der Waals surface area contributed by atoms with Crippen molar-refractivity contribution < 1.29 is 9.90 Å². The van der Waals surface area contributed by atoms with Gasteiger partial charge >= 0.3 is 6.03 Å². The minimum absolute atomic E-state index is 0.0655. The summed E-state index contributed by atoms with van der Waals surface area (Å²) < 4.78 is 0. The van der Waals surface area contributed by atoms with Crippen molar-refractivity contribution in [3.8, 4) is 0 Å². The van der Waals surface area contributed by atoms with Gasteiger partial charge in [-0.2, -0.15) is 0 Å². The number of carbonyl (C=O) groups excluding carboxylic acids is 1. The number of carbonyl (C=O) groups is 1. The van der Waals surface area contributed by atoms with Crippen molar-refractivity contribution in [2.24, 2.45) is 5.41 Å². The molecule has 2 amide bonds. The SMILES string of the molecule is CC(C)(CCO)CNC(=O)NC(C)(C)C. The Balaban J connectivity index is 3.90. The summed E-state index contributed by atoms with van der Waals surface area (Å²) in [4.78, 5) is 11.4. The number of urea groups is 1. The highest BCUT2D eigenvalue weighted by atomic mass is 16.3. The van der Waals surface area contributed by atoms with Crippen LogP contribution in [0.15, 0.2) is 0 Å². The van der Waals surface area contributed by atoms with Crippen molar-refractivity contribution in [2.75, 3.05) is 13.2 Å². The van der Waals surface area contributed by atoms with Gasteiger partial charge in [-0.3, -0.25) is 0 Å². The molecule has 3 N–H and O–H groups in total. The Hall–Kier alpha value is -0.770. The third kappa shape index (κ3) is 8.24. The van der Waals surface area contributed by atoms with Crippen molar-refractivity contribution in [1.82, 2.24) is 10.6 Å². The highest BCUT2D eigenvalue weighted by Gasteiger charge is 2.19. The van der Waals surface area contributed by atoms with Crippen LogP contribution in [0.25, 0.3) is 0 Å². The Bertz CT molecular complexity index is 207. The van der Waals surface area contributed by atoms with E-state index >= 15 is 0 Å². The van der Waals surface area contributed by atoms with Gasteiger partial charge in [-0.1, -0.05) is 13.8 Å². The van der Waals surface area contributed by atoms with Crippen LogP contribution >= 0.6 is 0 Å². The molecule has 0 radical (unpaired) electrons. The summed E-state index contributed by atoms with van der Waals surface area (Å²) in [5.74, 6) is 0. The third-order valence-electron chi connectivity index (χ3n) is 2.00. The number of aliphatic hydroxyl groups is 1. The summed E-state index contributed by atoms with van der Waals surface area (Å²) in [6.07, 6.45) is 0.683. The molecule has 0 spiro atoms. The van der Waals surface area contributed by atoms with Gasteiger partial charge in [-0.05, 0) is 32.6 Å². The van der Waals surface area contributed by atoms with Crippen LogP contribution in [0.2, 0.25) is 0 Å². The monoisotopic (exact) mass is 216 g/mol. The van der Waals surface area contributed by atoms with Crippen molar-refractivity contribution in [1.29, 1.82) is 0 Å². The van der Waals surface area contributed by atoms with Gasteiger partial charge in [-0.25, -0.2) is 4.79 Å². The van der Waals surface area contributed by atoms with Crippen molar-refractivity contribution >= 4 is 6.03 Å². The Labute approximate surface area is 92.4 Å². The second kappa shape index (κ2) is 5.35. The number of aliphatic hydroxyl groups excluding tert-OH is 1. The van der Waals surface area contributed by atoms with E-state index in [1.807, 2.05) is 34.6 Å². The number of nitrogens with one attached hydrogen (secondary N) is 2. The molecule has 0 rings (SSSR count). The Morgan fingerprint density at radius 3 is 2.13 bits per heavy atom. The standard InChI is InChI=1S/C11H24N2O2/c1-10(2,3)13-9(15)12-8-11(4,5)6-7-14/h14H,6-8H2,1-5H3,(H2,12,13,15). The Morgan fingerprint density at radius 1 is 1.20 bits per heavy atom. The summed E-state index contributed by atoms with van der Waals surface area (Å²) in [6, 6.07) is -0.159. The lowest BCUT2D eigenvalue weighted by Gasteiger charge is -2.26. The van der Waals surface area contributed by atoms with Crippen molar-refractivity contribution in [3.05, 3.63) is 0 Å². The lowest BCUT2D eigenvalue weighted by atomic mass is 9.90. The zero-order chi connectivity index (χ0) is 12.1. The molecular weight excluding hydrogens is 192 g/mol. The van der Waals surface area contributed by atoms with Gasteiger partial charge in [0.2, 0.25) is 0 Å². The molecule has 0 aliphatic carbocycles. The molecule has 0 aromatic rings. The fourth-order valence-electron chi connectivity index (χ4n) is 1.10. The average molecular weight is 216 g/mol. The number of hydrogen-bond donors (Lipinski definition) is 3. The van der Waals surface area contributed by atoms with Crippen LogP contribution in [0.4, 0.5) is 4.79 Å². The topological polar surface area (TPSA) is 61.4 Å². The second-order valence-electron chi connectivity index (χ2n) is 5.70. The first-order valence-corrected chi connectivity index (χ1v) is 5.33. The quantitative estimate of drug-likeness (QED) is 0.667. The average Bonchev–Trinajstić information content (AvgIpc) is 1.98. The van der Waals surface area contributed by atoms with Gasteiger partial charge in [0, 0.05) is 18.7 Å². The molecule has 0 bridgehead atoms. The smallest absolute Gasteiger partial charge is 0.315 e. The van der Waals surface area contributed by atoms with Gasteiger partial charge in [-0.15, -0.1) is 0 Å². The second-order valence-corrected chi connectivity index (χ2v) is 5.70. The number of amides is 2. The van der Waals surface area contributed by atoms with E-state index in [-0.39, 0.29) is 23.6 Å². The summed E-state index contributed by atoms with van der Waals surface area (Å²) in [5.41, 5.74) is -0.283. The molecule has 0 unspecified atom stereocenters. The first kappa shape index (κ1) is 14.2. The lowest BCUT2D eigenvalue weighted by molar-refractivity contribution is 0.198. The molecule has 0 saturated heterocycles. The maximum atomic E-state index is 11.4. The maximum Gasteiger partial charge on any atom is 0.315 e. The summed E-state index contributed by atoms with van der Waals surface area (Å²) in [5, 5.41) is 14.4. The first-order valence-electron chi connectivity index (χ1n) is 5.33. The highest BCUT2D eigenvalue weighted by molar-refractivity contribution is 5.74. The van der Waals surface area contributed by atoms with Crippen LogP contribution in [0.5, 0.6) is 0 Å². The van der Waals surface area contributed by atoms with Crippen LogP contribution in [0.1, 0.15) is 41.0 Å². The fourth-order valence-corrected chi connectivity index (χ4v) is 1.10. The molecule has 4 heteroatoms. The first-order chi connectivity index (χ1) is 6.66. The zero-order valence-corrected chi connectivity index (χ0v) is 10.5. The summed E-state index contributed by atoms with van der Waals surface area (Å²) in [6.45, 7) is 10.6. The Kier molecular flexibility index (Phi) is 5.08. The van der Waals surface area contributed by atoms with E-state index in [1.54, 1.807) is 0 Å². The molecule has 0 heterocycles. The van der Waals surface area contributed by atoms with Crippen LogP contribution in [-0.2, 0) is 0 Å². The molecule has 0 saturated carbocycles. The summed E-state index contributed by atoms with van der Waals surface area (Å²) >= 11 is 0. The zero-order valence-electron chi connectivity index (χ0n) is 10.5. The molecule has 0 fully saturated rings. The highest BCUT2D eigenvalue weighted by Crippen LogP contribution is 2.17. The molecular formula is C11H24N2O2. The van der Waals surface area contributed by atoms with Gasteiger partial charge in [0.05, 0.1) is 0 Å². The summed E-state index contributed by atoms with van der Waals surface area (Å²) in [7, 11) is 0. The number of hydrogen-bond acceptors (Lipinski definition) is 2. The normalized spacial score (nSPS) is 12.4. The largest absolute Gasteiger partial charge is 0.396 e. The van der Waals surface area contributed by atoms with E-state index in [0.717, 1.165) is 0 Å². The van der Waals surface area contributed by atoms with Gasteiger partial charge in [0.25, 0.3) is 0 Å². The van der Waals surface area contributed by atoms with Gasteiger partial charge in [0.1, 0.15) is 0 Å². The van der Waals surface area contributed by atoms with Gasteiger partial charge < -0.3 is 15.7 Å². The molecule has 0 atom stereocenters. The molecule has 0 aromatic heterocycles. The van der Waals surface area contributed by atoms with E-state index in [1.165, 1.54) is 0 Å². The Morgan fingerprint density at radius 2 is 1.73 bits per heavy atom. The van der Waals surface area contributed by atoms with E-state index in [4.69, 9.17) is 5.11 Å². The van der Waals surface area contributed by atoms with E-state index in [9.17, 15) is 4.79 Å². The molecule has 4 nitrogen and oxygen atoms in total. The van der Waals surface area contributed by atoms with Crippen LogP contribution in [-0.4, -0.2) is 29.8 Å². The number of rotatable bonds is 4. The van der Waals surface area contributed by atoms with Gasteiger partial charge in [0.15, 0.2) is 0 Å². The van der Waals surface area contributed by atoms with Crippen molar-refractivity contribution in [3.63, 3.8) is 0 Å². The predicted octanol–water partition coefficient (Wildman–Crippen LogP) is 1.49. The minimum Gasteiger partial charge on any atom is -0.396 e. The molecule has 90 valence electrons. The third-order valence-corrected chi connectivity index (χ3v) is 2.00. The minimum atomic E-state index is -0.217. The van der Waals surface area contributed by atoms with Crippen LogP contribution < -0.4 is 10.6 Å². The van der Waals surface area contributed by atoms with Crippen LogP contribution in [0.3, 0.4) is 0 Å². The van der Waals surface area contributed by atoms with E-state index in [0.29, 0.717) is 13.0 Å². The van der Waals surface area contributed by atoms with Crippen molar-refractivity contribution in [2.45, 2.75) is 46.6 Å². The fraction of sp³-hybridized carbons (Fsp3) is 0.909. The molecule has 0 aliphatic rings. The molecule has 0 aliphatic heterocycles. The lowest BCUT2D eigenvalue weighted by Crippen LogP contribution is -2.48. The van der Waals surface area contributed by atoms with E-state index in [2.05, 4.69) is 10.6 Å². The van der Waals surface area contributed by atoms with E-state index < -0.39 is 0 Å². The molecule has 15 heavy (non-hydrogen) atoms. The van der Waals surface area contributed by atoms with Crippen LogP contribution in [0, 0.1) is 5.41 Å². The maximum absolute atomic E-state index is 11.4.